The van der Waals surface area contributed by atoms with Crippen molar-refractivity contribution in [1.82, 2.24) is 0 Å². The van der Waals surface area contributed by atoms with E-state index in [0.717, 1.165) is 36.1 Å². The lowest BCUT2D eigenvalue weighted by Gasteiger charge is -2.43. The first kappa shape index (κ1) is 17.4. The van der Waals surface area contributed by atoms with Crippen molar-refractivity contribution in [3.05, 3.63) is 72.8 Å². The van der Waals surface area contributed by atoms with Gasteiger partial charge < -0.3 is 5.32 Å². The lowest BCUT2D eigenvalue weighted by Crippen LogP contribution is -2.35. The molecule has 1 N–H and O–H groups in total. The molecule has 2 fully saturated rings. The molecule has 8 heteroatoms. The molecule has 2 saturated carbocycles. The van der Waals surface area contributed by atoms with Gasteiger partial charge in [0.15, 0.2) is 0 Å². The number of halogens is 1. The minimum atomic E-state index is -0.405. The van der Waals surface area contributed by atoms with Gasteiger partial charge in [0.1, 0.15) is 0 Å². The summed E-state index contributed by atoms with van der Waals surface area (Å²) in [5, 5.41) is 26.6. The zero-order valence-electron chi connectivity index (χ0n) is 14.9. The summed E-state index contributed by atoms with van der Waals surface area (Å²) in [4.78, 5) is 21.8. The van der Waals surface area contributed by atoms with E-state index in [0.29, 0.717) is 16.9 Å². The summed E-state index contributed by atoms with van der Waals surface area (Å²) in [6, 6.07) is 9.40. The second-order valence-corrected chi connectivity index (χ2v) is 8.46. The van der Waals surface area contributed by atoms with Crippen LogP contribution in [0.3, 0.4) is 0 Å². The molecule has 0 amide bonds. The molecule has 1 heterocycles. The summed E-state index contributed by atoms with van der Waals surface area (Å²) in [5.41, 5.74) is 2.74. The molecule has 2 aromatic rings. The van der Waals surface area contributed by atoms with Gasteiger partial charge in [-0.05, 0) is 60.6 Å². The van der Waals surface area contributed by atoms with E-state index in [4.69, 9.17) is 11.6 Å². The predicted octanol–water partition coefficient (Wildman–Crippen LogP) is 5.45. The molecule has 5 rings (SSSR count). The van der Waals surface area contributed by atoms with Crippen LogP contribution in [0.15, 0.2) is 36.4 Å². The summed E-state index contributed by atoms with van der Waals surface area (Å²) in [6.07, 6.45) is 3.35. The van der Waals surface area contributed by atoms with Crippen molar-refractivity contribution in [3.63, 3.8) is 0 Å². The number of hydrogen-bond donors (Lipinski definition) is 1. The second kappa shape index (κ2) is 6.17. The van der Waals surface area contributed by atoms with Crippen LogP contribution in [-0.4, -0.2) is 9.85 Å². The molecular weight excluding hydrogens is 382 g/mol. The Morgan fingerprint density at radius 1 is 0.929 bits per heavy atom. The maximum Gasteiger partial charge on any atom is 0.269 e. The Balaban J connectivity index is 1.65. The van der Waals surface area contributed by atoms with Crippen molar-refractivity contribution in [2.75, 3.05) is 5.32 Å². The second-order valence-electron chi connectivity index (χ2n) is 8.05. The van der Waals surface area contributed by atoms with E-state index >= 15 is 0 Å². The summed E-state index contributed by atoms with van der Waals surface area (Å²) in [7, 11) is 0. The van der Waals surface area contributed by atoms with Gasteiger partial charge in [0, 0.05) is 40.5 Å². The predicted molar refractivity (Wildman–Crippen MR) is 105 cm³/mol. The van der Waals surface area contributed by atoms with Crippen molar-refractivity contribution in [2.24, 2.45) is 17.8 Å². The Morgan fingerprint density at radius 2 is 1.57 bits per heavy atom. The monoisotopic (exact) mass is 399 g/mol. The number of non-ortho nitro benzene ring substituents is 2. The lowest BCUT2D eigenvalue weighted by atomic mass is 9.68. The topological polar surface area (TPSA) is 98.3 Å². The number of rotatable bonds is 3. The fourth-order valence-electron chi connectivity index (χ4n) is 5.78. The Morgan fingerprint density at radius 3 is 2.29 bits per heavy atom. The van der Waals surface area contributed by atoms with Crippen LogP contribution in [0.4, 0.5) is 17.1 Å². The van der Waals surface area contributed by atoms with E-state index in [2.05, 4.69) is 5.32 Å². The Labute approximate surface area is 166 Å². The van der Waals surface area contributed by atoms with E-state index < -0.39 is 4.92 Å². The van der Waals surface area contributed by atoms with Crippen molar-refractivity contribution in [2.45, 2.75) is 31.2 Å². The van der Waals surface area contributed by atoms with Gasteiger partial charge in [-0.15, -0.1) is 0 Å². The van der Waals surface area contributed by atoms with E-state index in [9.17, 15) is 20.2 Å². The minimum Gasteiger partial charge on any atom is -0.378 e. The minimum absolute atomic E-state index is 0.0235. The highest BCUT2D eigenvalue weighted by Gasteiger charge is 2.54. The van der Waals surface area contributed by atoms with Crippen molar-refractivity contribution < 1.29 is 9.85 Å². The summed E-state index contributed by atoms with van der Waals surface area (Å²) >= 11 is 6.47. The molecule has 0 saturated heterocycles. The Kier molecular flexibility index (Phi) is 3.84. The Bertz CT molecular complexity index is 1010. The van der Waals surface area contributed by atoms with Crippen LogP contribution in [0.25, 0.3) is 0 Å². The highest BCUT2D eigenvalue weighted by molar-refractivity contribution is 6.31. The molecular formula is C20H18ClN3O4. The van der Waals surface area contributed by atoms with Gasteiger partial charge in [0.25, 0.3) is 11.4 Å². The van der Waals surface area contributed by atoms with Crippen molar-refractivity contribution in [1.29, 1.82) is 0 Å². The first-order valence-corrected chi connectivity index (χ1v) is 9.80. The maximum absolute atomic E-state index is 11.3. The highest BCUT2D eigenvalue weighted by Crippen LogP contribution is 2.64. The van der Waals surface area contributed by atoms with Crippen LogP contribution in [-0.2, 0) is 0 Å². The van der Waals surface area contributed by atoms with Gasteiger partial charge >= 0.3 is 0 Å². The summed E-state index contributed by atoms with van der Waals surface area (Å²) in [5.74, 6) is 1.44. The molecule has 2 aromatic carbocycles. The van der Waals surface area contributed by atoms with E-state index in [1.807, 2.05) is 0 Å². The van der Waals surface area contributed by atoms with Gasteiger partial charge in [-0.25, -0.2) is 0 Å². The standard InChI is InChI=1S/C20H18ClN3O4/c21-16-5-3-12(23(25)26)8-14(16)20-19-11-2-1-10(7-11)18(19)15-9-13(24(27)28)4-6-17(15)22-20/h3-6,8-11,18-20,22H,1-2,7H2/t10-,11-,18+,19-,20-/m0/s1. The Hall–Kier alpha value is -2.67. The smallest absolute Gasteiger partial charge is 0.269 e. The quantitative estimate of drug-likeness (QED) is 0.546. The number of benzene rings is 2. The van der Waals surface area contributed by atoms with Crippen LogP contribution >= 0.6 is 11.6 Å². The number of nitro groups is 2. The SMILES string of the molecule is O=[N+]([O-])c1ccc2c(c1)[C@H]1[C@H]3CC[C@@H](C3)[C@@H]1[C@H](c1cc([N+](=O)[O-])ccc1Cl)N2. The van der Waals surface area contributed by atoms with Gasteiger partial charge in [-0.1, -0.05) is 11.6 Å². The van der Waals surface area contributed by atoms with E-state index in [1.165, 1.54) is 12.1 Å². The first-order chi connectivity index (χ1) is 13.4. The van der Waals surface area contributed by atoms with Crippen LogP contribution in [0, 0.1) is 38.0 Å². The zero-order chi connectivity index (χ0) is 19.6. The molecule has 0 aromatic heterocycles. The molecule has 5 atom stereocenters. The van der Waals surface area contributed by atoms with Crippen molar-refractivity contribution in [3.8, 4) is 0 Å². The normalized spacial score (nSPS) is 29.7. The van der Waals surface area contributed by atoms with Gasteiger partial charge in [-0.3, -0.25) is 20.2 Å². The van der Waals surface area contributed by atoms with Crippen LogP contribution in [0.2, 0.25) is 5.02 Å². The molecule has 144 valence electrons. The fraction of sp³-hybridized carbons (Fsp3) is 0.400. The molecule has 2 bridgehead atoms. The number of nitrogens with one attached hydrogen (secondary N) is 1. The first-order valence-electron chi connectivity index (χ1n) is 9.42. The lowest BCUT2D eigenvalue weighted by molar-refractivity contribution is -0.385. The van der Waals surface area contributed by atoms with Crippen LogP contribution in [0.1, 0.15) is 42.3 Å². The highest BCUT2D eigenvalue weighted by atomic mass is 35.5. The molecule has 0 radical (unpaired) electrons. The number of nitrogens with zero attached hydrogens (tertiary/aromatic N) is 2. The van der Waals surface area contributed by atoms with Gasteiger partial charge in [0.05, 0.1) is 15.9 Å². The largest absolute Gasteiger partial charge is 0.378 e. The van der Waals surface area contributed by atoms with Gasteiger partial charge in [0.2, 0.25) is 0 Å². The molecule has 1 aliphatic heterocycles. The van der Waals surface area contributed by atoms with E-state index in [-0.39, 0.29) is 34.2 Å². The van der Waals surface area contributed by atoms with Crippen LogP contribution < -0.4 is 5.32 Å². The average Bonchev–Trinajstić information content (AvgIpc) is 3.29. The number of hydrogen-bond acceptors (Lipinski definition) is 5. The number of anilines is 1. The third kappa shape index (κ3) is 2.49. The molecule has 28 heavy (non-hydrogen) atoms. The molecule has 7 nitrogen and oxygen atoms in total. The molecule has 2 aliphatic carbocycles. The average molecular weight is 400 g/mol. The third-order valence-electron chi connectivity index (χ3n) is 6.81. The molecule has 3 aliphatic rings. The molecule has 0 unspecified atom stereocenters. The third-order valence-corrected chi connectivity index (χ3v) is 7.15. The summed E-state index contributed by atoms with van der Waals surface area (Å²) < 4.78 is 0. The fourth-order valence-corrected chi connectivity index (χ4v) is 6.01. The van der Waals surface area contributed by atoms with Gasteiger partial charge in [-0.2, -0.15) is 0 Å². The zero-order valence-corrected chi connectivity index (χ0v) is 15.6. The number of nitro benzene ring substituents is 2. The summed E-state index contributed by atoms with van der Waals surface area (Å²) in [6.45, 7) is 0. The van der Waals surface area contributed by atoms with Crippen LogP contribution in [0.5, 0.6) is 0 Å². The maximum atomic E-state index is 11.3. The van der Waals surface area contributed by atoms with Crippen molar-refractivity contribution >= 4 is 28.7 Å². The molecule has 0 spiro atoms. The number of fused-ring (bicyclic) bond motifs is 7. The van der Waals surface area contributed by atoms with E-state index in [1.54, 1.807) is 24.3 Å².